The van der Waals surface area contributed by atoms with E-state index in [9.17, 15) is 8.42 Å². The number of hydrogen-bond acceptors (Lipinski definition) is 4. The number of benzene rings is 2. The van der Waals surface area contributed by atoms with E-state index in [4.69, 9.17) is 28.9 Å². The van der Waals surface area contributed by atoms with Crippen LogP contribution in [0.5, 0.6) is 0 Å². The van der Waals surface area contributed by atoms with Gasteiger partial charge in [-0.1, -0.05) is 29.3 Å². The topological polar surface area (TPSA) is 84.2 Å². The number of nitrogens with two attached hydrogens (primary N) is 1. The summed E-state index contributed by atoms with van der Waals surface area (Å²) in [6, 6.07) is 9.61. The molecule has 0 atom stereocenters. The lowest BCUT2D eigenvalue weighted by molar-refractivity contribution is 0.588. The molecule has 21 heavy (non-hydrogen) atoms. The highest BCUT2D eigenvalue weighted by Gasteiger charge is 2.15. The zero-order valence-corrected chi connectivity index (χ0v) is 13.4. The number of anilines is 3. The van der Waals surface area contributed by atoms with Crippen LogP contribution in [0.2, 0.25) is 10.0 Å². The number of sulfonamides is 1. The van der Waals surface area contributed by atoms with E-state index in [0.29, 0.717) is 21.4 Å². The van der Waals surface area contributed by atoms with Crippen molar-refractivity contribution in [3.8, 4) is 0 Å². The highest BCUT2D eigenvalue weighted by molar-refractivity contribution is 7.89. The van der Waals surface area contributed by atoms with Crippen LogP contribution >= 0.6 is 23.2 Å². The van der Waals surface area contributed by atoms with Gasteiger partial charge >= 0.3 is 0 Å². The van der Waals surface area contributed by atoms with Crippen LogP contribution in [0, 0.1) is 0 Å². The second kappa shape index (κ2) is 6.11. The lowest BCUT2D eigenvalue weighted by Crippen LogP contribution is -2.19. The molecule has 4 N–H and O–H groups in total. The Hall–Kier alpha value is -1.47. The van der Waals surface area contributed by atoms with Gasteiger partial charge in [-0.05, 0) is 37.4 Å². The molecule has 2 aromatic carbocycles. The molecule has 0 unspecified atom stereocenters. The summed E-state index contributed by atoms with van der Waals surface area (Å²) < 4.78 is 25.7. The van der Waals surface area contributed by atoms with Crippen molar-refractivity contribution in [2.75, 3.05) is 18.1 Å². The first-order valence-electron chi connectivity index (χ1n) is 5.89. The zero-order valence-electron chi connectivity index (χ0n) is 11.0. The van der Waals surface area contributed by atoms with Gasteiger partial charge in [-0.3, -0.25) is 0 Å². The number of nitrogens with one attached hydrogen (secondary N) is 2. The Bertz CT molecular complexity index is 759. The minimum Gasteiger partial charge on any atom is -0.398 e. The molecule has 0 saturated heterocycles. The molecule has 0 aromatic heterocycles. The summed E-state index contributed by atoms with van der Waals surface area (Å²) in [6.45, 7) is 0. The van der Waals surface area contributed by atoms with Crippen molar-refractivity contribution < 1.29 is 8.42 Å². The fourth-order valence-corrected chi connectivity index (χ4v) is 3.07. The third kappa shape index (κ3) is 3.41. The molecule has 2 aromatic rings. The molecule has 0 aliphatic carbocycles. The van der Waals surface area contributed by atoms with Gasteiger partial charge in [0.25, 0.3) is 0 Å². The molecule has 2 rings (SSSR count). The molecular formula is C13H13Cl2N3O2S. The molecule has 0 amide bonds. The van der Waals surface area contributed by atoms with Crippen molar-refractivity contribution in [3.05, 3.63) is 46.4 Å². The van der Waals surface area contributed by atoms with Gasteiger partial charge in [-0.2, -0.15) is 0 Å². The standard InChI is InChI=1S/C13H13Cl2N3O2S/c1-17-21(19,20)12-6-5-8(7-11(12)16)18-13-9(14)3-2-4-10(13)15/h2-7,17-18H,16H2,1H3. The molecule has 0 bridgehead atoms. The van der Waals surface area contributed by atoms with Crippen molar-refractivity contribution in [1.82, 2.24) is 4.72 Å². The second-order valence-corrected chi connectivity index (χ2v) is 6.85. The van der Waals surface area contributed by atoms with Crippen molar-refractivity contribution in [2.24, 2.45) is 0 Å². The first-order valence-corrected chi connectivity index (χ1v) is 8.13. The fourth-order valence-electron chi connectivity index (χ4n) is 1.74. The Morgan fingerprint density at radius 2 is 1.71 bits per heavy atom. The van der Waals surface area contributed by atoms with E-state index < -0.39 is 10.0 Å². The molecule has 0 aliphatic rings. The largest absolute Gasteiger partial charge is 0.398 e. The minimum absolute atomic E-state index is 0.0146. The summed E-state index contributed by atoms with van der Waals surface area (Å²) in [4.78, 5) is 0.0146. The first-order chi connectivity index (χ1) is 9.85. The smallest absolute Gasteiger partial charge is 0.242 e. The molecule has 0 radical (unpaired) electrons. The maximum atomic E-state index is 11.7. The quantitative estimate of drug-likeness (QED) is 0.742. The molecule has 0 fully saturated rings. The van der Waals surface area contributed by atoms with E-state index in [2.05, 4.69) is 10.0 Å². The highest BCUT2D eigenvalue weighted by atomic mass is 35.5. The number of nitrogen functional groups attached to an aromatic ring is 1. The van der Waals surface area contributed by atoms with Gasteiger partial charge in [0.15, 0.2) is 0 Å². The number of para-hydroxylation sites is 1. The van der Waals surface area contributed by atoms with Crippen LogP contribution in [-0.4, -0.2) is 15.5 Å². The predicted molar refractivity (Wildman–Crippen MR) is 86.8 cm³/mol. The third-order valence-corrected chi connectivity index (χ3v) is 4.92. The van der Waals surface area contributed by atoms with Gasteiger partial charge in [0.1, 0.15) is 4.90 Å². The molecule has 5 nitrogen and oxygen atoms in total. The summed E-state index contributed by atoms with van der Waals surface area (Å²) in [6.07, 6.45) is 0. The van der Waals surface area contributed by atoms with E-state index >= 15 is 0 Å². The second-order valence-electron chi connectivity index (χ2n) is 4.18. The van der Waals surface area contributed by atoms with Crippen molar-refractivity contribution in [2.45, 2.75) is 4.90 Å². The molecule has 0 saturated carbocycles. The van der Waals surface area contributed by atoms with Crippen molar-refractivity contribution in [3.63, 3.8) is 0 Å². The molecule has 0 heterocycles. The van der Waals surface area contributed by atoms with Gasteiger partial charge < -0.3 is 11.1 Å². The van der Waals surface area contributed by atoms with E-state index in [0.717, 1.165) is 0 Å². The Balaban J connectivity index is 2.38. The zero-order chi connectivity index (χ0) is 15.6. The SMILES string of the molecule is CNS(=O)(=O)c1ccc(Nc2c(Cl)cccc2Cl)cc1N. The van der Waals surface area contributed by atoms with Crippen molar-refractivity contribution >= 4 is 50.3 Å². The normalized spacial score (nSPS) is 11.4. The van der Waals surface area contributed by atoms with Crippen LogP contribution in [0.25, 0.3) is 0 Å². The summed E-state index contributed by atoms with van der Waals surface area (Å²) >= 11 is 12.1. The van der Waals surface area contributed by atoms with Gasteiger partial charge in [-0.25, -0.2) is 13.1 Å². The lowest BCUT2D eigenvalue weighted by Gasteiger charge is -2.12. The maximum absolute atomic E-state index is 11.7. The van der Waals surface area contributed by atoms with Crippen LogP contribution in [-0.2, 0) is 10.0 Å². The van der Waals surface area contributed by atoms with E-state index in [1.807, 2.05) is 0 Å². The first kappa shape index (κ1) is 15.9. The summed E-state index contributed by atoms with van der Waals surface area (Å²) in [5, 5.41) is 3.92. The van der Waals surface area contributed by atoms with E-state index in [1.165, 1.54) is 19.2 Å². The number of hydrogen-bond donors (Lipinski definition) is 3. The Labute approximate surface area is 133 Å². The van der Waals surface area contributed by atoms with Crippen LogP contribution in [0.1, 0.15) is 0 Å². The Morgan fingerprint density at radius 3 is 2.24 bits per heavy atom. The maximum Gasteiger partial charge on any atom is 0.242 e. The van der Waals surface area contributed by atoms with Crippen molar-refractivity contribution in [1.29, 1.82) is 0 Å². The van der Waals surface area contributed by atoms with Crippen LogP contribution < -0.4 is 15.8 Å². The molecule has 0 spiro atoms. The van der Waals surface area contributed by atoms with Gasteiger partial charge in [0.05, 0.1) is 21.4 Å². The predicted octanol–water partition coefficient (Wildman–Crippen LogP) is 3.23. The molecular weight excluding hydrogens is 333 g/mol. The fraction of sp³-hybridized carbons (Fsp3) is 0.0769. The Morgan fingerprint density at radius 1 is 1.10 bits per heavy atom. The average molecular weight is 346 g/mol. The average Bonchev–Trinajstić information content (AvgIpc) is 2.43. The number of halogens is 2. The van der Waals surface area contributed by atoms with Gasteiger partial charge in [0, 0.05) is 5.69 Å². The van der Waals surface area contributed by atoms with E-state index in [1.54, 1.807) is 24.3 Å². The monoisotopic (exact) mass is 345 g/mol. The van der Waals surface area contributed by atoms with Gasteiger partial charge in [0.2, 0.25) is 10.0 Å². The summed E-state index contributed by atoms with van der Waals surface area (Å²) in [5.41, 5.74) is 7.02. The number of rotatable bonds is 4. The summed E-state index contributed by atoms with van der Waals surface area (Å²) in [5.74, 6) is 0. The molecule has 8 heteroatoms. The van der Waals surface area contributed by atoms with Crippen LogP contribution in [0.4, 0.5) is 17.1 Å². The lowest BCUT2D eigenvalue weighted by atomic mass is 10.2. The molecule has 0 aliphatic heterocycles. The van der Waals surface area contributed by atoms with Gasteiger partial charge in [-0.15, -0.1) is 0 Å². The van der Waals surface area contributed by atoms with E-state index in [-0.39, 0.29) is 10.6 Å². The highest BCUT2D eigenvalue weighted by Crippen LogP contribution is 2.33. The van der Waals surface area contributed by atoms with Crippen LogP contribution in [0.3, 0.4) is 0 Å². The third-order valence-electron chi connectivity index (χ3n) is 2.80. The van der Waals surface area contributed by atoms with Crippen LogP contribution in [0.15, 0.2) is 41.3 Å². The molecule has 112 valence electrons. The minimum atomic E-state index is -3.59. The Kier molecular flexibility index (Phi) is 4.63. The summed E-state index contributed by atoms with van der Waals surface area (Å²) in [7, 11) is -2.27.